The Balaban J connectivity index is 2.16. The van der Waals surface area contributed by atoms with E-state index in [0.717, 1.165) is 26.0 Å². The van der Waals surface area contributed by atoms with E-state index >= 15 is 0 Å². The summed E-state index contributed by atoms with van der Waals surface area (Å²) in [5, 5.41) is 6.66. The molecule has 5 nitrogen and oxygen atoms in total. The molecule has 2 N–H and O–H groups in total. The highest BCUT2D eigenvalue weighted by Crippen LogP contribution is 2.11. The van der Waals surface area contributed by atoms with E-state index in [0.29, 0.717) is 23.9 Å². The van der Waals surface area contributed by atoms with Crippen LogP contribution in [0.25, 0.3) is 0 Å². The molecule has 18 heavy (non-hydrogen) atoms. The van der Waals surface area contributed by atoms with Crippen LogP contribution in [0.1, 0.15) is 26.2 Å². The fourth-order valence-corrected chi connectivity index (χ4v) is 3.80. The quantitative estimate of drug-likeness (QED) is 0.548. The van der Waals surface area contributed by atoms with Crippen LogP contribution in [0.2, 0.25) is 0 Å². The molecule has 0 spiro atoms. The summed E-state index contributed by atoms with van der Waals surface area (Å²) in [6.07, 6.45) is 2.46. The maximum atomic E-state index is 11.5. The zero-order valence-corrected chi connectivity index (χ0v) is 12.4. The third-order valence-corrected chi connectivity index (χ3v) is 4.84. The lowest BCUT2D eigenvalue weighted by Gasteiger charge is -2.24. The number of hydrogen-bond donors (Lipinski definition) is 2. The Labute approximate surface area is 115 Å². The summed E-state index contributed by atoms with van der Waals surface area (Å²) in [5.41, 5.74) is 0. The highest BCUT2D eigenvalue weighted by Gasteiger charge is 2.24. The van der Waals surface area contributed by atoms with Crippen LogP contribution < -0.4 is 10.6 Å². The maximum Gasteiger partial charge on any atom is 0.166 e. The van der Waals surface area contributed by atoms with Crippen LogP contribution in [0.4, 0.5) is 0 Å². The Morgan fingerprint density at radius 2 is 2.28 bits per heavy atom. The predicted molar refractivity (Wildman–Crippen MR) is 76.5 cm³/mol. The predicted octanol–water partition coefficient (Wildman–Crippen LogP) is 0.454. The molecule has 1 atom stereocenters. The van der Waals surface area contributed by atoms with Gasteiger partial charge in [0.1, 0.15) is 0 Å². The lowest BCUT2D eigenvalue weighted by atomic mass is 10.2. The van der Waals surface area contributed by atoms with Gasteiger partial charge in [-0.15, -0.1) is 0 Å². The minimum Gasteiger partial charge on any atom is -0.382 e. The van der Waals surface area contributed by atoms with Gasteiger partial charge in [0, 0.05) is 25.8 Å². The summed E-state index contributed by atoms with van der Waals surface area (Å²) in [7, 11) is -2.88. The van der Waals surface area contributed by atoms with E-state index < -0.39 is 9.84 Å². The van der Waals surface area contributed by atoms with Crippen LogP contribution >= 0.6 is 12.2 Å². The van der Waals surface area contributed by atoms with Gasteiger partial charge in [-0.1, -0.05) is 0 Å². The van der Waals surface area contributed by atoms with Crippen LogP contribution in [-0.4, -0.2) is 50.8 Å². The fourth-order valence-electron chi connectivity index (χ4n) is 1.89. The van der Waals surface area contributed by atoms with Gasteiger partial charge in [-0.05, 0) is 38.4 Å². The van der Waals surface area contributed by atoms with Gasteiger partial charge in [0.25, 0.3) is 0 Å². The largest absolute Gasteiger partial charge is 0.382 e. The topological polar surface area (TPSA) is 67.4 Å². The molecule has 0 aliphatic carbocycles. The monoisotopic (exact) mass is 294 g/mol. The average Bonchev–Trinajstić information content (AvgIpc) is 2.27. The Morgan fingerprint density at radius 3 is 2.94 bits per heavy atom. The van der Waals surface area contributed by atoms with Crippen molar-refractivity contribution in [1.29, 1.82) is 0 Å². The Hall–Kier alpha value is -0.400. The Bertz CT molecular complexity index is 357. The lowest BCUT2D eigenvalue weighted by Crippen LogP contribution is -2.47. The zero-order chi connectivity index (χ0) is 13.4. The van der Waals surface area contributed by atoms with E-state index in [4.69, 9.17) is 17.0 Å². The molecular formula is C11H22N2O3S2. The molecule has 1 saturated heterocycles. The molecular weight excluding hydrogens is 272 g/mol. The number of nitrogens with one attached hydrogen (secondary N) is 2. The third kappa shape index (κ3) is 6.51. The second-order valence-corrected chi connectivity index (χ2v) is 7.04. The molecule has 0 aromatic carbocycles. The van der Waals surface area contributed by atoms with Gasteiger partial charge >= 0.3 is 0 Å². The Kier molecular flexibility index (Phi) is 6.88. The minimum absolute atomic E-state index is 0.0457. The number of sulfone groups is 1. The minimum atomic E-state index is -2.88. The van der Waals surface area contributed by atoms with Crippen molar-refractivity contribution in [1.82, 2.24) is 10.6 Å². The molecule has 0 aromatic rings. The molecule has 1 fully saturated rings. The van der Waals surface area contributed by atoms with Crippen LogP contribution in [-0.2, 0) is 14.6 Å². The van der Waals surface area contributed by atoms with Gasteiger partial charge in [-0.3, -0.25) is 0 Å². The standard InChI is InChI=1S/C11H22N2O3S2/c1-2-16-7-4-6-12-11(17)13-10-5-3-8-18(14,15)9-10/h10H,2-9H2,1H3,(H2,12,13,17). The van der Waals surface area contributed by atoms with Crippen molar-refractivity contribution in [3.05, 3.63) is 0 Å². The van der Waals surface area contributed by atoms with E-state index in [1.165, 1.54) is 0 Å². The van der Waals surface area contributed by atoms with Gasteiger partial charge in [0.15, 0.2) is 14.9 Å². The third-order valence-electron chi connectivity index (χ3n) is 2.75. The van der Waals surface area contributed by atoms with Crippen molar-refractivity contribution < 1.29 is 13.2 Å². The first-order chi connectivity index (χ1) is 8.53. The van der Waals surface area contributed by atoms with Crippen LogP contribution in [0, 0.1) is 0 Å². The summed E-state index contributed by atoms with van der Waals surface area (Å²) in [6.45, 7) is 4.14. The summed E-state index contributed by atoms with van der Waals surface area (Å²) < 4.78 is 28.1. The van der Waals surface area contributed by atoms with Gasteiger partial charge in [-0.2, -0.15) is 0 Å². The first-order valence-corrected chi connectivity index (χ1v) is 8.59. The van der Waals surface area contributed by atoms with E-state index in [-0.39, 0.29) is 11.8 Å². The summed E-state index contributed by atoms with van der Waals surface area (Å²) in [6, 6.07) is -0.0457. The van der Waals surface area contributed by atoms with Crippen LogP contribution in [0.5, 0.6) is 0 Å². The normalized spacial score (nSPS) is 22.4. The van der Waals surface area contributed by atoms with E-state index in [1.807, 2.05) is 6.92 Å². The molecule has 0 radical (unpaired) electrons. The summed E-state index contributed by atoms with van der Waals surface area (Å²) >= 11 is 5.13. The molecule has 0 amide bonds. The SMILES string of the molecule is CCOCCCNC(=S)NC1CCCS(=O)(=O)C1. The fraction of sp³-hybridized carbons (Fsp3) is 0.909. The van der Waals surface area contributed by atoms with E-state index in [2.05, 4.69) is 10.6 Å². The van der Waals surface area contributed by atoms with Gasteiger partial charge < -0.3 is 15.4 Å². The van der Waals surface area contributed by atoms with E-state index in [9.17, 15) is 8.42 Å². The average molecular weight is 294 g/mol. The van der Waals surface area contributed by atoms with Crippen molar-refractivity contribution in [2.45, 2.75) is 32.2 Å². The molecule has 1 rings (SSSR count). The van der Waals surface area contributed by atoms with Gasteiger partial charge in [-0.25, -0.2) is 8.42 Å². The van der Waals surface area contributed by atoms with Crippen molar-refractivity contribution in [2.24, 2.45) is 0 Å². The number of thiocarbonyl (C=S) groups is 1. The molecule has 1 aliphatic rings. The molecule has 1 unspecified atom stereocenters. The van der Waals surface area contributed by atoms with Crippen molar-refractivity contribution >= 4 is 27.2 Å². The molecule has 106 valence electrons. The highest BCUT2D eigenvalue weighted by atomic mass is 32.2. The van der Waals surface area contributed by atoms with Crippen LogP contribution in [0.3, 0.4) is 0 Å². The maximum absolute atomic E-state index is 11.5. The summed E-state index contributed by atoms with van der Waals surface area (Å²) in [4.78, 5) is 0. The first-order valence-electron chi connectivity index (χ1n) is 6.36. The first kappa shape index (κ1) is 15.7. The number of ether oxygens (including phenoxy) is 1. The second-order valence-electron chi connectivity index (χ2n) is 4.40. The van der Waals surface area contributed by atoms with Gasteiger partial charge in [0.05, 0.1) is 11.5 Å². The molecule has 1 aliphatic heterocycles. The highest BCUT2D eigenvalue weighted by molar-refractivity contribution is 7.91. The second kappa shape index (κ2) is 7.91. The summed E-state index contributed by atoms with van der Waals surface area (Å²) in [5.74, 6) is 0.494. The molecule has 0 saturated carbocycles. The molecule has 1 heterocycles. The number of rotatable bonds is 6. The molecule has 7 heteroatoms. The van der Waals surface area contributed by atoms with Crippen LogP contribution in [0.15, 0.2) is 0 Å². The lowest BCUT2D eigenvalue weighted by molar-refractivity contribution is 0.145. The Morgan fingerprint density at radius 1 is 1.50 bits per heavy atom. The van der Waals surface area contributed by atoms with Gasteiger partial charge in [0.2, 0.25) is 0 Å². The molecule has 0 bridgehead atoms. The van der Waals surface area contributed by atoms with E-state index in [1.54, 1.807) is 0 Å². The van der Waals surface area contributed by atoms with Crippen molar-refractivity contribution in [3.8, 4) is 0 Å². The smallest absolute Gasteiger partial charge is 0.166 e. The van der Waals surface area contributed by atoms with Crippen molar-refractivity contribution in [2.75, 3.05) is 31.3 Å². The van der Waals surface area contributed by atoms with Crippen molar-refractivity contribution in [3.63, 3.8) is 0 Å². The zero-order valence-electron chi connectivity index (χ0n) is 10.8. The molecule has 0 aromatic heterocycles. The number of hydrogen-bond acceptors (Lipinski definition) is 4.